The fourth-order valence-electron chi connectivity index (χ4n) is 4.46. The van der Waals surface area contributed by atoms with Crippen LogP contribution in [-0.2, 0) is 6.54 Å². The molecule has 3 aromatic rings. The fraction of sp³-hybridized carbons (Fsp3) is 0.417. The lowest BCUT2D eigenvalue weighted by molar-refractivity contribution is 0.0648. The molecule has 28 heavy (non-hydrogen) atoms. The molecule has 0 radical (unpaired) electrons. The first-order chi connectivity index (χ1) is 13.7. The number of fused-ring (bicyclic) bond motifs is 1. The number of aryl methyl sites for hydroxylation is 1. The van der Waals surface area contributed by atoms with E-state index in [1.54, 1.807) is 0 Å². The third-order valence-corrected chi connectivity index (χ3v) is 6.00. The molecule has 0 atom stereocenters. The van der Waals surface area contributed by atoms with Crippen molar-refractivity contribution in [3.63, 3.8) is 0 Å². The van der Waals surface area contributed by atoms with Gasteiger partial charge in [0.05, 0.1) is 11.0 Å². The second-order valence-electron chi connectivity index (χ2n) is 7.81. The summed E-state index contributed by atoms with van der Waals surface area (Å²) in [4.78, 5) is 19.8. The fourth-order valence-corrected chi connectivity index (χ4v) is 4.46. The van der Waals surface area contributed by atoms with E-state index in [0.717, 1.165) is 48.4 Å². The van der Waals surface area contributed by atoms with Crippen LogP contribution in [0.1, 0.15) is 60.8 Å². The standard InChI is InChI=1S/C24H29N3O/c1-3-26(21-9-5-4-6-10-21)24(28)20-15-13-19(14-16-20)17-27-18(2)25-22-11-7-8-12-23(22)27/h7-8,11-16,21H,3-6,9-10,17H2,1-2H3. The molecule has 0 N–H and O–H groups in total. The van der Waals surface area contributed by atoms with Gasteiger partial charge in [0.25, 0.3) is 5.91 Å². The summed E-state index contributed by atoms with van der Waals surface area (Å²) in [5, 5.41) is 0. The summed E-state index contributed by atoms with van der Waals surface area (Å²) >= 11 is 0. The second-order valence-corrected chi connectivity index (χ2v) is 7.81. The Morgan fingerprint density at radius 3 is 2.50 bits per heavy atom. The van der Waals surface area contributed by atoms with E-state index in [0.29, 0.717) is 6.04 Å². The lowest BCUT2D eigenvalue weighted by atomic mass is 9.93. The Hall–Kier alpha value is -2.62. The maximum absolute atomic E-state index is 13.0. The molecule has 0 bridgehead atoms. The highest BCUT2D eigenvalue weighted by Gasteiger charge is 2.24. The number of para-hydroxylation sites is 2. The van der Waals surface area contributed by atoms with Gasteiger partial charge in [-0.2, -0.15) is 0 Å². The zero-order chi connectivity index (χ0) is 19.5. The van der Waals surface area contributed by atoms with Crippen LogP contribution in [0, 0.1) is 6.92 Å². The van der Waals surface area contributed by atoms with E-state index in [2.05, 4.69) is 39.6 Å². The van der Waals surface area contributed by atoms with Crippen LogP contribution in [-0.4, -0.2) is 32.9 Å². The zero-order valence-corrected chi connectivity index (χ0v) is 16.9. The molecule has 4 nitrogen and oxygen atoms in total. The zero-order valence-electron chi connectivity index (χ0n) is 16.9. The van der Waals surface area contributed by atoms with Crippen LogP contribution in [0.25, 0.3) is 11.0 Å². The van der Waals surface area contributed by atoms with Crippen molar-refractivity contribution in [1.29, 1.82) is 0 Å². The number of nitrogens with zero attached hydrogens (tertiary/aromatic N) is 3. The van der Waals surface area contributed by atoms with Crippen molar-refractivity contribution in [2.75, 3.05) is 6.54 Å². The van der Waals surface area contributed by atoms with E-state index in [1.807, 2.05) is 37.3 Å². The van der Waals surface area contributed by atoms with Crippen molar-refractivity contribution in [2.45, 2.75) is 58.5 Å². The van der Waals surface area contributed by atoms with Gasteiger partial charge in [0.2, 0.25) is 0 Å². The molecule has 1 aromatic heterocycles. The topological polar surface area (TPSA) is 38.1 Å². The number of carbonyl (C=O) groups is 1. The van der Waals surface area contributed by atoms with E-state index >= 15 is 0 Å². The van der Waals surface area contributed by atoms with Gasteiger partial charge in [0.1, 0.15) is 5.82 Å². The van der Waals surface area contributed by atoms with Gasteiger partial charge in [-0.15, -0.1) is 0 Å². The number of carbonyl (C=O) groups excluding carboxylic acids is 1. The predicted octanol–water partition coefficient (Wildman–Crippen LogP) is 5.19. The lowest BCUT2D eigenvalue weighted by Gasteiger charge is -2.33. The van der Waals surface area contributed by atoms with E-state index < -0.39 is 0 Å². The number of imidazole rings is 1. The van der Waals surface area contributed by atoms with Gasteiger partial charge >= 0.3 is 0 Å². The summed E-state index contributed by atoms with van der Waals surface area (Å²) in [5.41, 5.74) is 4.15. The normalized spacial score (nSPS) is 15.1. The molecule has 1 aliphatic carbocycles. The molecule has 2 aromatic carbocycles. The van der Waals surface area contributed by atoms with E-state index in [1.165, 1.54) is 24.8 Å². The summed E-state index contributed by atoms with van der Waals surface area (Å²) < 4.78 is 2.23. The quantitative estimate of drug-likeness (QED) is 0.616. The summed E-state index contributed by atoms with van der Waals surface area (Å²) in [6.45, 7) is 5.68. The largest absolute Gasteiger partial charge is 0.336 e. The average Bonchev–Trinajstić information content (AvgIpc) is 3.05. The van der Waals surface area contributed by atoms with Crippen molar-refractivity contribution < 1.29 is 4.79 Å². The summed E-state index contributed by atoms with van der Waals surface area (Å²) in [5.74, 6) is 1.18. The number of aromatic nitrogens is 2. The average molecular weight is 376 g/mol. The van der Waals surface area contributed by atoms with Gasteiger partial charge in [0, 0.05) is 24.7 Å². The minimum atomic E-state index is 0.171. The number of hydrogen-bond acceptors (Lipinski definition) is 2. The first kappa shape index (κ1) is 18.7. The van der Waals surface area contributed by atoms with Gasteiger partial charge in [-0.05, 0) is 56.5 Å². The minimum Gasteiger partial charge on any atom is -0.336 e. The van der Waals surface area contributed by atoms with Crippen LogP contribution in [0.2, 0.25) is 0 Å². The third-order valence-electron chi connectivity index (χ3n) is 6.00. The van der Waals surface area contributed by atoms with Crippen LogP contribution >= 0.6 is 0 Å². The SMILES string of the molecule is CCN(C(=O)c1ccc(Cn2c(C)nc3ccccc32)cc1)C1CCCCC1. The molecular weight excluding hydrogens is 346 g/mol. The summed E-state index contributed by atoms with van der Waals surface area (Å²) in [6, 6.07) is 16.8. The first-order valence-corrected chi connectivity index (χ1v) is 10.5. The van der Waals surface area contributed by atoms with E-state index in [-0.39, 0.29) is 5.91 Å². The van der Waals surface area contributed by atoms with Crippen LogP contribution < -0.4 is 0 Å². The molecule has 1 fully saturated rings. The maximum Gasteiger partial charge on any atom is 0.254 e. The summed E-state index contributed by atoms with van der Waals surface area (Å²) in [7, 11) is 0. The molecule has 0 saturated heterocycles. The van der Waals surface area contributed by atoms with Gasteiger partial charge < -0.3 is 9.47 Å². The van der Waals surface area contributed by atoms with Gasteiger partial charge in [-0.25, -0.2) is 4.98 Å². The van der Waals surface area contributed by atoms with E-state index in [4.69, 9.17) is 0 Å². The molecule has 1 saturated carbocycles. The molecule has 1 aliphatic rings. The molecule has 0 spiro atoms. The number of hydrogen-bond donors (Lipinski definition) is 0. The van der Waals surface area contributed by atoms with Crippen LogP contribution in [0.3, 0.4) is 0 Å². The third kappa shape index (κ3) is 3.68. The highest BCUT2D eigenvalue weighted by Crippen LogP contribution is 2.24. The lowest BCUT2D eigenvalue weighted by Crippen LogP contribution is -2.41. The van der Waals surface area contributed by atoms with Gasteiger partial charge in [0.15, 0.2) is 0 Å². The van der Waals surface area contributed by atoms with Crippen molar-refractivity contribution in [1.82, 2.24) is 14.5 Å². The Morgan fingerprint density at radius 2 is 1.79 bits per heavy atom. The Labute approximate surface area is 167 Å². The van der Waals surface area contributed by atoms with Gasteiger partial charge in [-0.1, -0.05) is 43.5 Å². The number of benzene rings is 2. The smallest absolute Gasteiger partial charge is 0.254 e. The van der Waals surface area contributed by atoms with Crippen LogP contribution in [0.4, 0.5) is 0 Å². The monoisotopic (exact) mass is 375 g/mol. The number of amides is 1. The molecule has 0 unspecified atom stereocenters. The molecule has 4 rings (SSSR count). The van der Waals surface area contributed by atoms with Crippen molar-refractivity contribution in [3.05, 3.63) is 65.5 Å². The highest BCUT2D eigenvalue weighted by molar-refractivity contribution is 5.94. The Balaban J connectivity index is 1.51. The molecule has 146 valence electrons. The molecule has 0 aliphatic heterocycles. The molecule has 1 heterocycles. The Morgan fingerprint density at radius 1 is 1.07 bits per heavy atom. The predicted molar refractivity (Wildman–Crippen MR) is 114 cm³/mol. The van der Waals surface area contributed by atoms with Crippen molar-refractivity contribution in [2.24, 2.45) is 0 Å². The molecule has 1 amide bonds. The van der Waals surface area contributed by atoms with Gasteiger partial charge in [-0.3, -0.25) is 4.79 Å². The van der Waals surface area contributed by atoms with Crippen LogP contribution in [0.15, 0.2) is 48.5 Å². The second kappa shape index (κ2) is 8.17. The van der Waals surface area contributed by atoms with E-state index in [9.17, 15) is 4.79 Å². The van der Waals surface area contributed by atoms with Crippen molar-refractivity contribution in [3.8, 4) is 0 Å². The minimum absolute atomic E-state index is 0.171. The molecule has 4 heteroatoms. The maximum atomic E-state index is 13.0. The number of rotatable bonds is 5. The van der Waals surface area contributed by atoms with Crippen LogP contribution in [0.5, 0.6) is 0 Å². The Bertz CT molecular complexity index is 952. The highest BCUT2D eigenvalue weighted by atomic mass is 16.2. The Kier molecular flexibility index (Phi) is 5.47. The van der Waals surface area contributed by atoms with Crippen molar-refractivity contribution >= 4 is 16.9 Å². The molecular formula is C24H29N3O. The first-order valence-electron chi connectivity index (χ1n) is 10.5. The summed E-state index contributed by atoms with van der Waals surface area (Å²) in [6.07, 6.45) is 6.08.